The predicted octanol–water partition coefficient (Wildman–Crippen LogP) is 3.31. The second-order valence-corrected chi connectivity index (χ2v) is 10.1. The van der Waals surface area contributed by atoms with Gasteiger partial charge in [-0.1, -0.05) is 11.6 Å². The van der Waals surface area contributed by atoms with Crippen LogP contribution in [-0.4, -0.2) is 73.4 Å². The summed E-state index contributed by atoms with van der Waals surface area (Å²) in [6, 6.07) is 5.98. The van der Waals surface area contributed by atoms with E-state index < -0.39 is 12.5 Å². The summed E-state index contributed by atoms with van der Waals surface area (Å²) in [7, 11) is 0. The molecule has 14 heteroatoms. The molecule has 2 N–H and O–H groups in total. The van der Waals surface area contributed by atoms with Gasteiger partial charge in [-0.25, -0.2) is 9.50 Å². The zero-order valence-corrected chi connectivity index (χ0v) is 21.9. The number of aromatic nitrogens is 5. The highest BCUT2D eigenvalue weighted by atomic mass is 35.5. The maximum absolute atomic E-state index is 13.3. The molecule has 11 nitrogen and oxygen atoms in total. The van der Waals surface area contributed by atoms with E-state index in [2.05, 4.69) is 25.8 Å². The largest absolute Gasteiger partial charge is 0.434 e. The molecule has 1 aromatic carbocycles. The number of benzene rings is 1. The van der Waals surface area contributed by atoms with Crippen molar-refractivity contribution in [2.24, 2.45) is 5.92 Å². The molecule has 0 saturated carbocycles. The second-order valence-electron chi connectivity index (χ2n) is 9.70. The topological polar surface area (TPSA) is 119 Å². The molecule has 2 saturated heterocycles. The number of carbonyl (C=O) groups excluding carboxylic acids is 2. The number of nitrogens with one attached hydrogen (secondary N) is 2. The van der Waals surface area contributed by atoms with Gasteiger partial charge in [0.1, 0.15) is 23.6 Å². The molecule has 6 rings (SSSR count). The Morgan fingerprint density at radius 3 is 3.00 bits per heavy atom. The van der Waals surface area contributed by atoms with Crippen LogP contribution in [0.4, 0.5) is 14.5 Å². The normalized spacial score (nSPS) is 18.8. The maximum atomic E-state index is 13.3. The highest BCUT2D eigenvalue weighted by Gasteiger charge is 2.38. The first-order valence-corrected chi connectivity index (χ1v) is 13.2. The third kappa shape index (κ3) is 5.09. The molecule has 2 atom stereocenters. The highest BCUT2D eigenvalue weighted by Crippen LogP contribution is 2.37. The molecule has 2 aliphatic heterocycles. The number of halogens is 3. The van der Waals surface area contributed by atoms with Crippen molar-refractivity contribution >= 4 is 34.7 Å². The quantitative estimate of drug-likeness (QED) is 0.350. The molecule has 2 unspecified atom stereocenters. The minimum atomic E-state index is -3.10. The number of carbonyl (C=O) groups is 2. The monoisotopic (exact) mass is 570 g/mol. The average Bonchev–Trinajstić information content (AvgIpc) is 3.66. The Balaban J connectivity index is 1.34. The number of anilines is 1. The predicted molar refractivity (Wildman–Crippen MR) is 141 cm³/mol. The summed E-state index contributed by atoms with van der Waals surface area (Å²) < 4.78 is 34.0. The zero-order valence-electron chi connectivity index (χ0n) is 21.1. The average molecular weight is 571 g/mol. The van der Waals surface area contributed by atoms with Gasteiger partial charge in [-0.2, -0.15) is 19.0 Å². The molecule has 0 spiro atoms. The van der Waals surface area contributed by atoms with Crippen LogP contribution in [0, 0.1) is 5.92 Å². The number of hydrogen-bond donors (Lipinski definition) is 2. The minimum Gasteiger partial charge on any atom is -0.434 e. The fraction of sp³-hybridized carbons (Fsp3) is 0.346. The third-order valence-electron chi connectivity index (χ3n) is 7.27. The van der Waals surface area contributed by atoms with Gasteiger partial charge >= 0.3 is 6.61 Å². The molecule has 0 radical (unpaired) electrons. The van der Waals surface area contributed by atoms with Crippen molar-refractivity contribution in [3.63, 3.8) is 0 Å². The SMILES string of the molecule is O=C(Nc1cn(CC(=O)N2CCC3CNCCC32)nc1-c1cc(Cl)ccc1OC(F)F)c1cnn2cccnc12. The molecule has 40 heavy (non-hydrogen) atoms. The molecule has 2 fully saturated rings. The van der Waals surface area contributed by atoms with Gasteiger partial charge in [0.2, 0.25) is 5.91 Å². The molecule has 4 aromatic rings. The fourth-order valence-corrected chi connectivity index (χ4v) is 5.65. The van der Waals surface area contributed by atoms with E-state index in [1.165, 1.54) is 46.0 Å². The van der Waals surface area contributed by atoms with Crippen molar-refractivity contribution in [2.75, 3.05) is 25.0 Å². The molecule has 2 amide bonds. The van der Waals surface area contributed by atoms with Crippen molar-refractivity contribution in [3.8, 4) is 17.0 Å². The van der Waals surface area contributed by atoms with Crippen molar-refractivity contribution in [1.29, 1.82) is 0 Å². The lowest BCUT2D eigenvalue weighted by Crippen LogP contribution is -2.46. The van der Waals surface area contributed by atoms with Crippen molar-refractivity contribution < 1.29 is 23.1 Å². The van der Waals surface area contributed by atoms with Gasteiger partial charge in [-0.15, -0.1) is 0 Å². The standard InChI is InChI=1S/C26H25ClF2N8O3/c27-16-2-3-21(40-26(28)29)17(10-16)23-19(33-25(39)18-12-32-37-8-1-6-31-24(18)37)13-35(34-23)14-22(38)36-9-5-15-11-30-7-4-20(15)36/h1-3,6,8,10,12-13,15,20,26,30H,4-5,7,9,11,14H2,(H,33,39). The fourth-order valence-electron chi connectivity index (χ4n) is 5.48. The van der Waals surface area contributed by atoms with E-state index in [4.69, 9.17) is 16.3 Å². The smallest absolute Gasteiger partial charge is 0.387 e. The summed E-state index contributed by atoms with van der Waals surface area (Å²) in [5.41, 5.74) is 0.950. The third-order valence-corrected chi connectivity index (χ3v) is 7.51. The number of amides is 2. The number of ether oxygens (including phenoxy) is 1. The first-order valence-electron chi connectivity index (χ1n) is 12.8. The summed E-state index contributed by atoms with van der Waals surface area (Å²) >= 11 is 6.20. The molecule has 3 aromatic heterocycles. The molecule has 5 heterocycles. The summed E-state index contributed by atoms with van der Waals surface area (Å²) in [5, 5.41) is 15.1. The Morgan fingerprint density at radius 1 is 1.27 bits per heavy atom. The van der Waals surface area contributed by atoms with E-state index in [1.807, 2.05) is 4.90 Å². The molecule has 0 bridgehead atoms. The van der Waals surface area contributed by atoms with Crippen molar-refractivity contribution in [2.45, 2.75) is 32.0 Å². The van der Waals surface area contributed by atoms with Gasteiger partial charge in [-0.3, -0.25) is 14.3 Å². The maximum Gasteiger partial charge on any atom is 0.387 e. The van der Waals surface area contributed by atoms with E-state index in [-0.39, 0.29) is 51.8 Å². The summed E-state index contributed by atoms with van der Waals surface area (Å²) in [6.07, 6.45) is 7.87. The number of nitrogens with zero attached hydrogens (tertiary/aromatic N) is 6. The van der Waals surface area contributed by atoms with E-state index in [0.717, 1.165) is 25.9 Å². The Morgan fingerprint density at radius 2 is 2.15 bits per heavy atom. The molecular formula is C26H25ClF2N8O3. The van der Waals surface area contributed by atoms with Crippen molar-refractivity contribution in [3.05, 3.63) is 59.6 Å². The first-order chi connectivity index (χ1) is 19.4. The van der Waals surface area contributed by atoms with Gasteiger partial charge in [-0.05, 0) is 56.1 Å². The summed E-state index contributed by atoms with van der Waals surface area (Å²) in [4.78, 5) is 32.7. The van der Waals surface area contributed by atoms with E-state index >= 15 is 0 Å². The first kappa shape index (κ1) is 26.1. The van der Waals surface area contributed by atoms with Gasteiger partial charge in [0.25, 0.3) is 5.91 Å². The van der Waals surface area contributed by atoms with E-state index in [0.29, 0.717) is 18.1 Å². The number of alkyl halides is 2. The van der Waals surface area contributed by atoms with Crippen LogP contribution in [0.1, 0.15) is 23.2 Å². The zero-order chi connectivity index (χ0) is 27.8. The number of piperidine rings is 1. The van der Waals surface area contributed by atoms with Gasteiger partial charge in [0, 0.05) is 41.8 Å². The molecule has 0 aliphatic carbocycles. The number of fused-ring (bicyclic) bond motifs is 2. The molecule has 2 aliphatic rings. The van der Waals surface area contributed by atoms with E-state index in [9.17, 15) is 18.4 Å². The van der Waals surface area contributed by atoms with Crippen LogP contribution in [0.25, 0.3) is 16.9 Å². The Bertz CT molecular complexity index is 1570. The lowest BCUT2D eigenvalue weighted by Gasteiger charge is -2.32. The minimum absolute atomic E-state index is 0.0939. The summed E-state index contributed by atoms with van der Waals surface area (Å²) in [6.45, 7) is -0.789. The summed E-state index contributed by atoms with van der Waals surface area (Å²) in [5.74, 6) is -0.415. The lowest BCUT2D eigenvalue weighted by molar-refractivity contribution is -0.133. The number of hydrogen-bond acceptors (Lipinski definition) is 7. The van der Waals surface area contributed by atoms with Gasteiger partial charge in [0.15, 0.2) is 5.65 Å². The molecule has 208 valence electrons. The molecular weight excluding hydrogens is 546 g/mol. The van der Waals surface area contributed by atoms with Crippen LogP contribution in [0.5, 0.6) is 5.75 Å². The van der Waals surface area contributed by atoms with Gasteiger partial charge < -0.3 is 20.3 Å². The Kier molecular flexibility index (Phi) is 7.07. The lowest BCUT2D eigenvalue weighted by atomic mass is 9.94. The number of likely N-dealkylation sites (tertiary alicyclic amines) is 1. The van der Waals surface area contributed by atoms with Crippen LogP contribution in [0.3, 0.4) is 0 Å². The highest BCUT2D eigenvalue weighted by molar-refractivity contribution is 6.31. The Labute approximate surface area is 232 Å². The van der Waals surface area contributed by atoms with Crippen molar-refractivity contribution in [1.82, 2.24) is 34.6 Å². The Hall–Kier alpha value is -4.10. The van der Waals surface area contributed by atoms with E-state index in [1.54, 1.807) is 12.3 Å². The van der Waals surface area contributed by atoms with Crippen LogP contribution in [0.15, 0.2) is 49.1 Å². The van der Waals surface area contributed by atoms with Crippen LogP contribution >= 0.6 is 11.6 Å². The van der Waals surface area contributed by atoms with Crippen LogP contribution in [0.2, 0.25) is 5.02 Å². The van der Waals surface area contributed by atoms with Gasteiger partial charge in [0.05, 0.1) is 11.9 Å². The van der Waals surface area contributed by atoms with Crippen LogP contribution in [-0.2, 0) is 11.3 Å². The number of rotatable bonds is 7. The second kappa shape index (κ2) is 10.8. The van der Waals surface area contributed by atoms with Crippen LogP contribution < -0.4 is 15.4 Å².